The zero-order chi connectivity index (χ0) is 24.3. The number of nitrogens with zero attached hydrogens (tertiary/aromatic N) is 1. The maximum absolute atomic E-state index is 12.1. The van der Waals surface area contributed by atoms with Gasteiger partial charge >= 0.3 is 11.8 Å². The summed E-state index contributed by atoms with van der Waals surface area (Å²) >= 11 is 3.36. The molecule has 0 saturated carbocycles. The molecule has 2 aromatic carbocycles. The van der Waals surface area contributed by atoms with Crippen LogP contribution in [0.3, 0.4) is 0 Å². The maximum Gasteiger partial charge on any atom is 0.329 e. The minimum atomic E-state index is -0.925. The summed E-state index contributed by atoms with van der Waals surface area (Å²) in [6.07, 6.45) is 3.72. The van der Waals surface area contributed by atoms with Gasteiger partial charge in [0, 0.05) is 15.7 Å². The summed E-state index contributed by atoms with van der Waals surface area (Å²) < 4.78 is 11.5. The van der Waals surface area contributed by atoms with E-state index in [4.69, 9.17) is 9.15 Å². The van der Waals surface area contributed by atoms with Crippen LogP contribution in [0.2, 0.25) is 0 Å². The van der Waals surface area contributed by atoms with Crippen LogP contribution in [-0.2, 0) is 27.3 Å². The molecule has 0 aliphatic rings. The molecule has 0 aliphatic carbocycles. The maximum atomic E-state index is 12.1. The van der Waals surface area contributed by atoms with Gasteiger partial charge in [-0.1, -0.05) is 35.0 Å². The van der Waals surface area contributed by atoms with Crippen LogP contribution in [0.5, 0.6) is 5.75 Å². The van der Waals surface area contributed by atoms with E-state index in [0.717, 1.165) is 16.5 Å². The van der Waals surface area contributed by atoms with Gasteiger partial charge in [0.05, 0.1) is 19.0 Å². The Labute approximate surface area is 204 Å². The molecule has 1 heterocycles. The number of nitrogens with one attached hydrogen (secondary N) is 3. The Morgan fingerprint density at radius 1 is 1.09 bits per heavy atom. The molecular weight excluding hydrogens is 504 g/mol. The fourth-order valence-corrected chi connectivity index (χ4v) is 3.15. The van der Waals surface area contributed by atoms with Crippen molar-refractivity contribution in [2.45, 2.75) is 19.9 Å². The van der Waals surface area contributed by atoms with Crippen LogP contribution in [-0.4, -0.2) is 30.5 Å². The number of carbonyl (C=O) groups is 3. The Morgan fingerprint density at radius 3 is 2.59 bits per heavy atom. The molecule has 3 rings (SSSR count). The molecule has 176 valence electrons. The largest absolute Gasteiger partial charge is 0.483 e. The number of hydrogen-bond donors (Lipinski definition) is 3. The van der Waals surface area contributed by atoms with Gasteiger partial charge in [0.15, 0.2) is 6.61 Å². The van der Waals surface area contributed by atoms with E-state index >= 15 is 0 Å². The normalized spacial score (nSPS) is 10.6. The minimum Gasteiger partial charge on any atom is -0.483 e. The summed E-state index contributed by atoms with van der Waals surface area (Å²) in [4.78, 5) is 36.2. The molecule has 34 heavy (non-hydrogen) atoms. The number of ether oxygens (including phenoxy) is 1. The van der Waals surface area contributed by atoms with Crippen molar-refractivity contribution in [1.29, 1.82) is 0 Å². The number of aryl methyl sites for hydroxylation is 1. The summed E-state index contributed by atoms with van der Waals surface area (Å²) in [5.74, 6) is -1.11. The number of anilines is 1. The number of carbonyl (C=O) groups excluding carboxylic acids is 3. The molecule has 3 amide bonds. The van der Waals surface area contributed by atoms with Crippen LogP contribution in [0, 0.1) is 0 Å². The van der Waals surface area contributed by atoms with E-state index in [2.05, 4.69) is 37.1 Å². The van der Waals surface area contributed by atoms with Gasteiger partial charge in [-0.05, 0) is 54.4 Å². The molecule has 0 aliphatic heterocycles. The first-order valence-corrected chi connectivity index (χ1v) is 11.2. The average Bonchev–Trinajstić information content (AvgIpc) is 3.36. The van der Waals surface area contributed by atoms with Crippen molar-refractivity contribution in [3.05, 3.63) is 82.2 Å². The highest BCUT2D eigenvalue weighted by Crippen LogP contribution is 2.21. The van der Waals surface area contributed by atoms with Gasteiger partial charge in [-0.2, -0.15) is 5.10 Å². The lowest BCUT2D eigenvalue weighted by Crippen LogP contribution is -2.32. The van der Waals surface area contributed by atoms with Crippen molar-refractivity contribution in [2.24, 2.45) is 5.10 Å². The van der Waals surface area contributed by atoms with Crippen LogP contribution in [0.4, 0.5) is 5.69 Å². The van der Waals surface area contributed by atoms with E-state index < -0.39 is 11.8 Å². The predicted octanol–water partition coefficient (Wildman–Crippen LogP) is 3.39. The second-order valence-electron chi connectivity index (χ2n) is 7.03. The van der Waals surface area contributed by atoms with Gasteiger partial charge < -0.3 is 19.8 Å². The molecule has 10 heteroatoms. The summed E-state index contributed by atoms with van der Waals surface area (Å²) in [6.45, 7) is 2.05. The number of hydrogen-bond acceptors (Lipinski definition) is 6. The predicted molar refractivity (Wildman–Crippen MR) is 130 cm³/mol. The number of rotatable bonds is 9. The fraction of sp³-hybridized carbons (Fsp3) is 0.167. The lowest BCUT2D eigenvalue weighted by Gasteiger charge is -2.10. The second kappa shape index (κ2) is 12.4. The molecule has 9 nitrogen and oxygen atoms in total. The zero-order valence-corrected chi connectivity index (χ0v) is 19.9. The third-order valence-electron chi connectivity index (χ3n) is 4.57. The monoisotopic (exact) mass is 526 g/mol. The molecule has 3 aromatic rings. The van der Waals surface area contributed by atoms with E-state index in [1.54, 1.807) is 42.5 Å². The van der Waals surface area contributed by atoms with Crippen LogP contribution >= 0.6 is 15.9 Å². The minimum absolute atomic E-state index is 0.227. The number of benzene rings is 2. The molecule has 0 saturated heterocycles. The number of hydrazone groups is 1. The van der Waals surface area contributed by atoms with Crippen LogP contribution in [0.15, 0.2) is 74.9 Å². The topological polar surface area (TPSA) is 122 Å². The summed E-state index contributed by atoms with van der Waals surface area (Å²) in [5, 5.41) is 9.02. The zero-order valence-electron chi connectivity index (χ0n) is 18.3. The van der Waals surface area contributed by atoms with Gasteiger partial charge in [-0.25, -0.2) is 5.43 Å². The number of amides is 3. The van der Waals surface area contributed by atoms with Crippen molar-refractivity contribution >= 4 is 45.6 Å². The summed E-state index contributed by atoms with van der Waals surface area (Å²) in [5.41, 5.74) is 4.30. The highest BCUT2D eigenvalue weighted by atomic mass is 79.9. The molecule has 0 radical (unpaired) electrons. The van der Waals surface area contributed by atoms with E-state index in [-0.39, 0.29) is 19.1 Å². The molecule has 0 unspecified atom stereocenters. The van der Waals surface area contributed by atoms with Crippen LogP contribution < -0.4 is 20.8 Å². The van der Waals surface area contributed by atoms with Gasteiger partial charge in [0.25, 0.3) is 5.91 Å². The highest BCUT2D eigenvalue weighted by molar-refractivity contribution is 9.10. The molecule has 0 atom stereocenters. The van der Waals surface area contributed by atoms with Crippen molar-refractivity contribution < 1.29 is 23.5 Å². The third-order valence-corrected chi connectivity index (χ3v) is 5.06. The van der Waals surface area contributed by atoms with E-state index in [1.165, 1.54) is 12.5 Å². The highest BCUT2D eigenvalue weighted by Gasteiger charge is 2.13. The van der Waals surface area contributed by atoms with Crippen LogP contribution in [0.1, 0.15) is 23.8 Å². The number of furan rings is 1. The van der Waals surface area contributed by atoms with Crippen molar-refractivity contribution in [2.75, 3.05) is 11.9 Å². The first-order chi connectivity index (χ1) is 16.4. The second-order valence-corrected chi connectivity index (χ2v) is 7.95. The average molecular weight is 527 g/mol. The third kappa shape index (κ3) is 7.59. The Kier molecular flexibility index (Phi) is 8.98. The van der Waals surface area contributed by atoms with Gasteiger partial charge in [-0.15, -0.1) is 0 Å². The summed E-state index contributed by atoms with van der Waals surface area (Å²) in [6, 6.07) is 15.8. The van der Waals surface area contributed by atoms with Gasteiger partial charge in [0.2, 0.25) is 0 Å². The molecule has 0 fully saturated rings. The standard InChI is InChI=1S/C24H23BrN4O5/c1-2-16-5-8-19(9-6-16)28-23(31)24(32)29-27-13-17-12-18(25)7-10-21(17)34-15-22(30)26-14-20-4-3-11-33-20/h3-13H,2,14-15H2,1H3,(H,26,30)(H,28,31)(H,29,32)/b27-13-. The SMILES string of the molecule is CCc1ccc(NC(=O)C(=O)N/N=C\c2cc(Br)ccc2OCC(=O)NCc2ccco2)cc1. The quantitative estimate of drug-likeness (QED) is 0.224. The Hall–Kier alpha value is -3.92. The smallest absolute Gasteiger partial charge is 0.329 e. The van der Waals surface area contributed by atoms with Crippen molar-refractivity contribution in [1.82, 2.24) is 10.7 Å². The van der Waals surface area contributed by atoms with E-state index in [1.807, 2.05) is 19.1 Å². The lowest BCUT2D eigenvalue weighted by atomic mass is 10.1. The fourth-order valence-electron chi connectivity index (χ4n) is 2.77. The molecule has 1 aromatic heterocycles. The lowest BCUT2D eigenvalue weighted by molar-refractivity contribution is -0.136. The van der Waals surface area contributed by atoms with Crippen molar-refractivity contribution in [3.8, 4) is 5.75 Å². The van der Waals surface area contributed by atoms with Crippen molar-refractivity contribution in [3.63, 3.8) is 0 Å². The van der Waals surface area contributed by atoms with E-state index in [9.17, 15) is 14.4 Å². The Balaban J connectivity index is 1.52. The van der Waals surface area contributed by atoms with E-state index in [0.29, 0.717) is 22.8 Å². The van der Waals surface area contributed by atoms with Gasteiger partial charge in [0.1, 0.15) is 11.5 Å². The van der Waals surface area contributed by atoms with Crippen LogP contribution in [0.25, 0.3) is 0 Å². The van der Waals surface area contributed by atoms with Gasteiger partial charge in [-0.3, -0.25) is 14.4 Å². The number of halogens is 1. The molecule has 0 bridgehead atoms. The summed E-state index contributed by atoms with van der Waals surface area (Å²) in [7, 11) is 0. The Morgan fingerprint density at radius 2 is 1.88 bits per heavy atom. The molecule has 0 spiro atoms. The first-order valence-electron chi connectivity index (χ1n) is 10.4. The molecular formula is C24H23BrN4O5. The Bertz CT molecular complexity index is 1160. The molecule has 3 N–H and O–H groups in total. The first kappa shape index (κ1) is 24.7.